The second-order valence-electron chi connectivity index (χ2n) is 2.87. The second kappa shape index (κ2) is 3.41. The third-order valence-electron chi connectivity index (χ3n) is 1.99. The zero-order valence-corrected chi connectivity index (χ0v) is 7.38. The maximum Gasteiger partial charge on any atom is 0.337 e. The van der Waals surface area contributed by atoms with E-state index in [-0.39, 0.29) is 5.56 Å². The van der Waals surface area contributed by atoms with Crippen molar-refractivity contribution < 1.29 is 14.6 Å². The van der Waals surface area contributed by atoms with Gasteiger partial charge < -0.3 is 14.7 Å². The topological polar surface area (TPSA) is 49.8 Å². The van der Waals surface area contributed by atoms with Gasteiger partial charge in [-0.05, 0) is 12.1 Å². The summed E-state index contributed by atoms with van der Waals surface area (Å²) in [5.74, 6) is -0.930. The van der Waals surface area contributed by atoms with E-state index < -0.39 is 5.97 Å². The van der Waals surface area contributed by atoms with E-state index in [0.29, 0.717) is 12.4 Å². The van der Waals surface area contributed by atoms with Crippen LogP contribution >= 0.6 is 0 Å². The zero-order valence-electron chi connectivity index (χ0n) is 7.38. The van der Waals surface area contributed by atoms with Gasteiger partial charge in [0.15, 0.2) is 6.73 Å². The predicted molar refractivity (Wildman–Crippen MR) is 51.0 cm³/mol. The standard InChI is InChI=1S/C10H9NO3/c12-10(13)8-3-1-2-4-9(8)11-5-6-14-7-11/h1-6H,7H2,(H,12,13). The monoisotopic (exact) mass is 191 g/mol. The number of benzene rings is 1. The molecule has 1 aromatic rings. The van der Waals surface area contributed by atoms with Gasteiger partial charge in [-0.15, -0.1) is 0 Å². The summed E-state index contributed by atoms with van der Waals surface area (Å²) in [6.07, 6.45) is 3.25. The highest BCUT2D eigenvalue weighted by Crippen LogP contribution is 2.22. The summed E-state index contributed by atoms with van der Waals surface area (Å²) < 4.78 is 5.00. The van der Waals surface area contributed by atoms with Crippen molar-refractivity contribution in [3.63, 3.8) is 0 Å². The van der Waals surface area contributed by atoms with Crippen LogP contribution in [0.5, 0.6) is 0 Å². The molecule has 0 saturated carbocycles. The lowest BCUT2D eigenvalue weighted by Gasteiger charge is -2.15. The Hall–Kier alpha value is -1.97. The fourth-order valence-electron chi connectivity index (χ4n) is 1.34. The van der Waals surface area contributed by atoms with E-state index in [2.05, 4.69) is 0 Å². The SMILES string of the molecule is O=C(O)c1ccccc1N1C=COC1. The van der Waals surface area contributed by atoms with Crippen molar-refractivity contribution in [3.8, 4) is 0 Å². The van der Waals surface area contributed by atoms with Crippen LogP contribution in [0.15, 0.2) is 36.7 Å². The van der Waals surface area contributed by atoms with E-state index in [1.165, 1.54) is 0 Å². The van der Waals surface area contributed by atoms with Crippen molar-refractivity contribution in [2.75, 3.05) is 11.6 Å². The molecular weight excluding hydrogens is 182 g/mol. The number of anilines is 1. The lowest BCUT2D eigenvalue weighted by molar-refractivity contribution is 0.0697. The molecule has 0 amide bonds. The maximum atomic E-state index is 10.9. The first-order valence-electron chi connectivity index (χ1n) is 4.16. The average Bonchev–Trinajstić information content (AvgIpc) is 2.70. The number of hydrogen-bond acceptors (Lipinski definition) is 3. The molecule has 1 heterocycles. The average molecular weight is 191 g/mol. The Labute approximate surface area is 81.0 Å². The summed E-state index contributed by atoms with van der Waals surface area (Å²) in [5.41, 5.74) is 0.927. The fraction of sp³-hybridized carbons (Fsp3) is 0.100. The molecule has 0 unspecified atom stereocenters. The number of carboxylic acids is 1. The smallest absolute Gasteiger partial charge is 0.337 e. The second-order valence-corrected chi connectivity index (χ2v) is 2.87. The summed E-state index contributed by atoms with van der Waals surface area (Å²) in [7, 11) is 0. The number of aromatic carboxylic acids is 1. The Morgan fingerprint density at radius 2 is 2.21 bits per heavy atom. The molecule has 4 heteroatoms. The molecule has 0 atom stereocenters. The van der Waals surface area contributed by atoms with Crippen molar-refractivity contribution in [2.45, 2.75) is 0 Å². The van der Waals surface area contributed by atoms with Gasteiger partial charge >= 0.3 is 5.97 Å². The normalized spacial score (nSPS) is 14.1. The Balaban J connectivity index is 2.40. The molecule has 14 heavy (non-hydrogen) atoms. The van der Waals surface area contributed by atoms with Gasteiger partial charge in [-0.1, -0.05) is 12.1 Å². The molecule has 0 fully saturated rings. The first-order chi connectivity index (χ1) is 6.79. The van der Waals surface area contributed by atoms with Gasteiger partial charge in [-0.25, -0.2) is 4.79 Å². The highest BCUT2D eigenvalue weighted by atomic mass is 16.5. The third kappa shape index (κ3) is 1.42. The molecule has 1 aromatic carbocycles. The van der Waals surface area contributed by atoms with Gasteiger partial charge in [0.2, 0.25) is 0 Å². The maximum absolute atomic E-state index is 10.9. The Bertz CT molecular complexity index is 387. The van der Waals surface area contributed by atoms with E-state index in [1.54, 1.807) is 41.6 Å². The van der Waals surface area contributed by atoms with Crippen LogP contribution < -0.4 is 4.90 Å². The summed E-state index contributed by atoms with van der Waals surface area (Å²) in [5, 5.41) is 8.93. The molecule has 4 nitrogen and oxygen atoms in total. The Morgan fingerprint density at radius 3 is 2.86 bits per heavy atom. The van der Waals surface area contributed by atoms with Gasteiger partial charge in [-0.2, -0.15) is 0 Å². The van der Waals surface area contributed by atoms with Crippen LogP contribution in [0.4, 0.5) is 5.69 Å². The minimum Gasteiger partial charge on any atom is -0.479 e. The third-order valence-corrected chi connectivity index (χ3v) is 1.99. The summed E-state index contributed by atoms with van der Waals surface area (Å²) in [6, 6.07) is 6.83. The van der Waals surface area contributed by atoms with Crippen LogP contribution in [0.2, 0.25) is 0 Å². The van der Waals surface area contributed by atoms with Crippen molar-refractivity contribution >= 4 is 11.7 Å². The molecule has 0 aliphatic carbocycles. The molecule has 0 bridgehead atoms. The number of para-hydroxylation sites is 1. The number of rotatable bonds is 2. The van der Waals surface area contributed by atoms with Crippen molar-refractivity contribution in [1.82, 2.24) is 0 Å². The van der Waals surface area contributed by atoms with Gasteiger partial charge in [0.05, 0.1) is 11.3 Å². The number of hydrogen-bond donors (Lipinski definition) is 1. The molecule has 1 aliphatic heterocycles. The highest BCUT2D eigenvalue weighted by Gasteiger charge is 2.15. The van der Waals surface area contributed by atoms with Crippen molar-refractivity contribution in [2.24, 2.45) is 0 Å². The van der Waals surface area contributed by atoms with Crippen LogP contribution in [-0.2, 0) is 4.74 Å². The van der Waals surface area contributed by atoms with Crippen LogP contribution in [0.25, 0.3) is 0 Å². The van der Waals surface area contributed by atoms with Crippen molar-refractivity contribution in [1.29, 1.82) is 0 Å². The van der Waals surface area contributed by atoms with E-state index in [4.69, 9.17) is 9.84 Å². The first-order valence-corrected chi connectivity index (χ1v) is 4.16. The Kier molecular flexibility index (Phi) is 2.10. The van der Waals surface area contributed by atoms with Gasteiger partial charge in [0.1, 0.15) is 6.26 Å². The quantitative estimate of drug-likeness (QED) is 0.772. The predicted octanol–water partition coefficient (Wildman–Crippen LogP) is 1.65. The largest absolute Gasteiger partial charge is 0.479 e. The first kappa shape index (κ1) is 8.62. The lowest BCUT2D eigenvalue weighted by atomic mass is 10.1. The molecule has 0 aromatic heterocycles. The molecule has 1 N–H and O–H groups in total. The van der Waals surface area contributed by atoms with Gasteiger partial charge in [0, 0.05) is 6.20 Å². The number of nitrogens with zero attached hydrogens (tertiary/aromatic N) is 1. The van der Waals surface area contributed by atoms with Crippen molar-refractivity contribution in [3.05, 3.63) is 42.3 Å². The highest BCUT2D eigenvalue weighted by molar-refractivity contribution is 5.94. The molecule has 72 valence electrons. The zero-order chi connectivity index (χ0) is 9.97. The van der Waals surface area contributed by atoms with Crippen LogP contribution in [-0.4, -0.2) is 17.8 Å². The minimum absolute atomic E-state index is 0.280. The molecule has 2 rings (SSSR count). The summed E-state index contributed by atoms with van der Waals surface area (Å²) in [6.45, 7) is 0.365. The molecule has 0 saturated heterocycles. The van der Waals surface area contributed by atoms with Crippen LogP contribution in [0.1, 0.15) is 10.4 Å². The fourth-order valence-corrected chi connectivity index (χ4v) is 1.34. The minimum atomic E-state index is -0.930. The molecule has 0 spiro atoms. The van der Waals surface area contributed by atoms with E-state index in [9.17, 15) is 4.79 Å². The molecular formula is C10H9NO3. The van der Waals surface area contributed by atoms with E-state index >= 15 is 0 Å². The summed E-state index contributed by atoms with van der Waals surface area (Å²) >= 11 is 0. The van der Waals surface area contributed by atoms with Gasteiger partial charge in [-0.3, -0.25) is 0 Å². The lowest BCUT2D eigenvalue weighted by Crippen LogP contribution is -2.16. The van der Waals surface area contributed by atoms with Crippen LogP contribution in [0, 0.1) is 0 Å². The number of carbonyl (C=O) groups is 1. The molecule has 1 aliphatic rings. The molecule has 0 radical (unpaired) electrons. The van der Waals surface area contributed by atoms with Gasteiger partial charge in [0.25, 0.3) is 0 Å². The van der Waals surface area contributed by atoms with E-state index in [0.717, 1.165) is 0 Å². The van der Waals surface area contributed by atoms with Crippen LogP contribution in [0.3, 0.4) is 0 Å². The number of carboxylic acid groups (broad SMARTS) is 1. The Morgan fingerprint density at radius 1 is 1.43 bits per heavy atom. The number of ether oxygens (including phenoxy) is 1. The summed E-state index contributed by atoms with van der Waals surface area (Å²) in [4.78, 5) is 12.6. The van der Waals surface area contributed by atoms with E-state index in [1.807, 2.05) is 0 Å².